The minimum absolute atomic E-state index is 0.265. The quantitative estimate of drug-likeness (QED) is 0.436. The zero-order valence-electron chi connectivity index (χ0n) is 16.0. The molecule has 0 atom stereocenters. The van der Waals surface area contributed by atoms with Gasteiger partial charge in [-0.05, 0) is 73.4 Å². The molecule has 0 fully saturated rings. The fourth-order valence-electron chi connectivity index (χ4n) is 3.07. The number of nitrogens with zero attached hydrogens (tertiary/aromatic N) is 3. The Morgan fingerprint density at radius 2 is 1.76 bits per heavy atom. The Labute approximate surface area is 169 Å². The number of pyridine rings is 3. The van der Waals surface area contributed by atoms with E-state index in [1.54, 1.807) is 24.5 Å². The van der Waals surface area contributed by atoms with Crippen molar-refractivity contribution in [1.82, 2.24) is 15.0 Å². The highest BCUT2D eigenvalue weighted by Crippen LogP contribution is 2.24. The van der Waals surface area contributed by atoms with Crippen molar-refractivity contribution in [2.75, 3.05) is 0 Å². The van der Waals surface area contributed by atoms with Crippen molar-refractivity contribution in [3.8, 4) is 22.9 Å². The molecule has 3 heterocycles. The summed E-state index contributed by atoms with van der Waals surface area (Å²) in [5, 5.41) is 0. The summed E-state index contributed by atoms with van der Waals surface area (Å²) < 4.78 is 18.9. The molecule has 4 nitrogen and oxygen atoms in total. The lowest BCUT2D eigenvalue weighted by Gasteiger charge is -2.09. The first kappa shape index (κ1) is 18.7. The molecule has 3 aromatic heterocycles. The molecule has 0 amide bonds. The minimum atomic E-state index is -0.265. The molecule has 0 bridgehead atoms. The van der Waals surface area contributed by atoms with Gasteiger partial charge in [-0.25, -0.2) is 9.37 Å². The van der Waals surface area contributed by atoms with Crippen LogP contribution in [-0.4, -0.2) is 15.0 Å². The van der Waals surface area contributed by atoms with E-state index in [0.717, 1.165) is 29.8 Å². The molecule has 144 valence electrons. The zero-order valence-corrected chi connectivity index (χ0v) is 16.0. The largest absolute Gasteiger partial charge is 0.437 e. The number of rotatable bonds is 6. The van der Waals surface area contributed by atoms with Crippen LogP contribution < -0.4 is 4.74 Å². The Bertz CT molecular complexity index is 1080. The highest BCUT2D eigenvalue weighted by molar-refractivity contribution is 5.59. The van der Waals surface area contributed by atoms with Crippen LogP contribution in [0.25, 0.3) is 11.3 Å². The van der Waals surface area contributed by atoms with Crippen LogP contribution in [0.3, 0.4) is 0 Å². The average Bonchev–Trinajstić information content (AvgIpc) is 2.75. The molecule has 0 unspecified atom stereocenters. The van der Waals surface area contributed by atoms with E-state index in [1.165, 1.54) is 23.3 Å². The van der Waals surface area contributed by atoms with Crippen molar-refractivity contribution in [3.05, 3.63) is 102 Å². The van der Waals surface area contributed by atoms with Crippen molar-refractivity contribution in [3.63, 3.8) is 0 Å². The first-order valence-electron chi connectivity index (χ1n) is 9.43. The lowest BCUT2D eigenvalue weighted by atomic mass is 10.1. The van der Waals surface area contributed by atoms with Gasteiger partial charge in [-0.1, -0.05) is 12.1 Å². The van der Waals surface area contributed by atoms with Gasteiger partial charge in [0.15, 0.2) is 0 Å². The summed E-state index contributed by atoms with van der Waals surface area (Å²) in [5.41, 5.74) is 4.95. The van der Waals surface area contributed by atoms with Gasteiger partial charge in [0.1, 0.15) is 11.6 Å². The second-order valence-corrected chi connectivity index (χ2v) is 6.74. The topological polar surface area (TPSA) is 47.9 Å². The summed E-state index contributed by atoms with van der Waals surface area (Å²) in [5.74, 6) is 0.869. The number of aromatic nitrogens is 3. The Kier molecular flexibility index (Phi) is 5.56. The van der Waals surface area contributed by atoms with Crippen molar-refractivity contribution < 1.29 is 9.13 Å². The molecule has 0 aliphatic heterocycles. The fourth-order valence-corrected chi connectivity index (χ4v) is 3.07. The van der Waals surface area contributed by atoms with Crippen molar-refractivity contribution >= 4 is 0 Å². The van der Waals surface area contributed by atoms with Crippen LogP contribution in [-0.2, 0) is 12.8 Å². The van der Waals surface area contributed by atoms with E-state index in [1.807, 2.05) is 43.5 Å². The maximum atomic E-state index is 13.1. The third kappa shape index (κ3) is 4.82. The van der Waals surface area contributed by atoms with E-state index < -0.39 is 0 Å². The standard InChI is InChI=1S/C24H20FN3O/c1-17-19(5-4-18-3-2-14-26-15-18)8-13-24(28-17)29-22-11-12-23(27-16-22)20-6-9-21(25)10-7-20/h2-3,6-16H,4-5H2,1H3. The van der Waals surface area contributed by atoms with E-state index in [4.69, 9.17) is 4.74 Å². The number of hydrogen-bond donors (Lipinski definition) is 0. The first-order valence-corrected chi connectivity index (χ1v) is 9.43. The number of hydrogen-bond acceptors (Lipinski definition) is 4. The summed E-state index contributed by atoms with van der Waals surface area (Å²) in [6.45, 7) is 1.99. The van der Waals surface area contributed by atoms with Crippen LogP contribution in [0.15, 0.2) is 79.3 Å². The molecule has 0 spiro atoms. The monoisotopic (exact) mass is 385 g/mol. The molecule has 1 aromatic carbocycles. The summed E-state index contributed by atoms with van der Waals surface area (Å²) >= 11 is 0. The number of halogens is 1. The Morgan fingerprint density at radius 1 is 0.897 bits per heavy atom. The van der Waals surface area contributed by atoms with Crippen molar-refractivity contribution in [1.29, 1.82) is 0 Å². The lowest BCUT2D eigenvalue weighted by molar-refractivity contribution is 0.459. The SMILES string of the molecule is Cc1nc(Oc2ccc(-c3ccc(F)cc3)nc2)ccc1CCc1cccnc1. The third-order valence-corrected chi connectivity index (χ3v) is 4.67. The first-order chi connectivity index (χ1) is 14.2. The molecule has 0 radical (unpaired) electrons. The molecule has 29 heavy (non-hydrogen) atoms. The number of aryl methyl sites for hydroxylation is 3. The van der Waals surface area contributed by atoms with Gasteiger partial charge in [-0.15, -0.1) is 0 Å². The Morgan fingerprint density at radius 3 is 2.45 bits per heavy atom. The number of ether oxygens (including phenoxy) is 1. The fraction of sp³-hybridized carbons (Fsp3) is 0.125. The van der Waals surface area contributed by atoms with Crippen LogP contribution in [0.4, 0.5) is 4.39 Å². The van der Waals surface area contributed by atoms with E-state index in [9.17, 15) is 4.39 Å². The van der Waals surface area contributed by atoms with Gasteiger partial charge in [0, 0.05) is 29.7 Å². The Balaban J connectivity index is 1.41. The van der Waals surface area contributed by atoms with Crippen LogP contribution >= 0.6 is 0 Å². The van der Waals surface area contributed by atoms with Crippen LogP contribution in [0, 0.1) is 12.7 Å². The van der Waals surface area contributed by atoms with E-state index in [2.05, 4.69) is 21.0 Å². The van der Waals surface area contributed by atoms with Crippen LogP contribution in [0.1, 0.15) is 16.8 Å². The van der Waals surface area contributed by atoms with Crippen LogP contribution in [0.2, 0.25) is 0 Å². The van der Waals surface area contributed by atoms with E-state index in [-0.39, 0.29) is 5.82 Å². The van der Waals surface area contributed by atoms with Gasteiger partial charge in [0.05, 0.1) is 11.9 Å². The smallest absolute Gasteiger partial charge is 0.219 e. The second-order valence-electron chi connectivity index (χ2n) is 6.74. The highest BCUT2D eigenvalue weighted by atomic mass is 19.1. The highest BCUT2D eigenvalue weighted by Gasteiger charge is 2.06. The van der Waals surface area contributed by atoms with Crippen molar-refractivity contribution in [2.45, 2.75) is 19.8 Å². The molecule has 5 heteroatoms. The summed E-state index contributed by atoms with van der Waals surface area (Å²) in [4.78, 5) is 13.1. The van der Waals surface area contributed by atoms with Gasteiger partial charge in [0.25, 0.3) is 0 Å². The molecule has 0 N–H and O–H groups in total. The molecule has 0 saturated carbocycles. The summed E-state index contributed by atoms with van der Waals surface area (Å²) in [6.07, 6.45) is 7.14. The zero-order chi connectivity index (χ0) is 20.1. The van der Waals surface area contributed by atoms with Crippen molar-refractivity contribution in [2.24, 2.45) is 0 Å². The van der Waals surface area contributed by atoms with Gasteiger partial charge >= 0.3 is 0 Å². The molecule has 4 aromatic rings. The molecule has 0 aliphatic carbocycles. The van der Waals surface area contributed by atoms with E-state index >= 15 is 0 Å². The van der Waals surface area contributed by atoms with Gasteiger partial charge in [-0.2, -0.15) is 0 Å². The summed E-state index contributed by atoms with van der Waals surface area (Å²) in [6, 6.07) is 17.9. The summed E-state index contributed by atoms with van der Waals surface area (Å²) in [7, 11) is 0. The molecule has 0 saturated heterocycles. The normalized spacial score (nSPS) is 10.7. The predicted octanol–water partition coefficient (Wildman–Crippen LogP) is 5.56. The maximum absolute atomic E-state index is 13.1. The third-order valence-electron chi connectivity index (χ3n) is 4.67. The number of benzene rings is 1. The second kappa shape index (κ2) is 8.61. The minimum Gasteiger partial charge on any atom is -0.437 e. The van der Waals surface area contributed by atoms with Gasteiger partial charge in [0.2, 0.25) is 5.88 Å². The van der Waals surface area contributed by atoms with E-state index in [0.29, 0.717) is 11.6 Å². The van der Waals surface area contributed by atoms with Gasteiger partial charge < -0.3 is 4.74 Å². The average molecular weight is 385 g/mol. The lowest BCUT2D eigenvalue weighted by Crippen LogP contribution is -1.98. The molecule has 0 aliphatic rings. The maximum Gasteiger partial charge on any atom is 0.219 e. The predicted molar refractivity (Wildman–Crippen MR) is 110 cm³/mol. The van der Waals surface area contributed by atoms with Crippen LogP contribution in [0.5, 0.6) is 11.6 Å². The Hall–Kier alpha value is -3.60. The molecule has 4 rings (SSSR count). The molecular formula is C24H20FN3O. The molecular weight excluding hydrogens is 365 g/mol. The van der Waals surface area contributed by atoms with Gasteiger partial charge in [-0.3, -0.25) is 9.97 Å².